The summed E-state index contributed by atoms with van der Waals surface area (Å²) in [7, 11) is 2.10. The molecule has 0 atom stereocenters. The van der Waals surface area contributed by atoms with Gasteiger partial charge in [-0.15, -0.1) is 0 Å². The molecule has 6 nitrogen and oxygen atoms in total. The predicted octanol–water partition coefficient (Wildman–Crippen LogP) is 3.47. The van der Waals surface area contributed by atoms with Crippen LogP contribution in [0.3, 0.4) is 0 Å². The maximum Gasteiger partial charge on any atom is 0.158 e. The van der Waals surface area contributed by atoms with E-state index >= 15 is 0 Å². The van der Waals surface area contributed by atoms with Crippen molar-refractivity contribution in [1.29, 1.82) is 0 Å². The maximum atomic E-state index is 4.98. The SMILES string of the molecule is CCN1c2ncccc2CN(C)c2ccc(-c3cnn(CC)c3)nc21. The summed E-state index contributed by atoms with van der Waals surface area (Å²) in [6, 6.07) is 8.35. The Balaban J connectivity index is 1.86. The Bertz CT molecular complexity index is 900. The summed E-state index contributed by atoms with van der Waals surface area (Å²) in [5.41, 5.74) is 4.30. The fraction of sp³-hybridized carbons (Fsp3) is 0.316. The van der Waals surface area contributed by atoms with Crippen molar-refractivity contribution in [2.45, 2.75) is 26.9 Å². The van der Waals surface area contributed by atoms with E-state index in [1.165, 1.54) is 5.56 Å². The molecule has 0 amide bonds. The number of hydrogen-bond acceptors (Lipinski definition) is 5. The van der Waals surface area contributed by atoms with E-state index in [0.717, 1.165) is 48.2 Å². The molecule has 6 heteroatoms. The van der Waals surface area contributed by atoms with Crippen LogP contribution in [0.15, 0.2) is 42.9 Å². The minimum atomic E-state index is 0.815. The number of anilines is 3. The highest BCUT2D eigenvalue weighted by Crippen LogP contribution is 2.38. The Labute approximate surface area is 147 Å². The summed E-state index contributed by atoms with van der Waals surface area (Å²) in [4.78, 5) is 14.0. The highest BCUT2D eigenvalue weighted by molar-refractivity contribution is 5.78. The molecular formula is C19H22N6. The number of pyridine rings is 2. The zero-order valence-corrected chi connectivity index (χ0v) is 14.8. The zero-order chi connectivity index (χ0) is 17.4. The standard InChI is InChI=1S/C19H22N6/c1-4-24-13-15(11-21-24)16-8-9-17-19(22-16)25(5-2)18-14(12-23(17)3)7-6-10-20-18/h6-11,13H,4-5,12H2,1-3H3. The van der Waals surface area contributed by atoms with Crippen molar-refractivity contribution in [3.8, 4) is 11.3 Å². The zero-order valence-electron chi connectivity index (χ0n) is 14.8. The van der Waals surface area contributed by atoms with Crippen molar-refractivity contribution >= 4 is 17.3 Å². The smallest absolute Gasteiger partial charge is 0.158 e. The first-order valence-electron chi connectivity index (χ1n) is 8.67. The number of hydrogen-bond donors (Lipinski definition) is 0. The van der Waals surface area contributed by atoms with Gasteiger partial charge in [0.2, 0.25) is 0 Å². The minimum Gasteiger partial charge on any atom is -0.367 e. The van der Waals surface area contributed by atoms with Crippen molar-refractivity contribution in [2.24, 2.45) is 0 Å². The van der Waals surface area contributed by atoms with Crippen LogP contribution in [-0.2, 0) is 13.1 Å². The molecule has 0 saturated heterocycles. The van der Waals surface area contributed by atoms with Gasteiger partial charge in [-0.1, -0.05) is 6.07 Å². The Kier molecular flexibility index (Phi) is 3.87. The fourth-order valence-electron chi connectivity index (χ4n) is 3.30. The summed E-state index contributed by atoms with van der Waals surface area (Å²) in [5, 5.41) is 4.37. The molecular weight excluding hydrogens is 312 g/mol. The minimum absolute atomic E-state index is 0.815. The summed E-state index contributed by atoms with van der Waals surface area (Å²) in [6.45, 7) is 6.71. The summed E-state index contributed by atoms with van der Waals surface area (Å²) < 4.78 is 1.92. The van der Waals surface area contributed by atoms with Crippen LogP contribution in [0.1, 0.15) is 19.4 Å². The van der Waals surface area contributed by atoms with Gasteiger partial charge in [0.25, 0.3) is 0 Å². The van der Waals surface area contributed by atoms with E-state index in [1.54, 1.807) is 0 Å². The number of nitrogens with zero attached hydrogens (tertiary/aromatic N) is 6. The van der Waals surface area contributed by atoms with E-state index in [2.05, 4.69) is 59.0 Å². The predicted molar refractivity (Wildman–Crippen MR) is 100 cm³/mol. The van der Waals surface area contributed by atoms with E-state index in [4.69, 9.17) is 4.98 Å². The third-order valence-electron chi connectivity index (χ3n) is 4.62. The van der Waals surface area contributed by atoms with Gasteiger partial charge in [-0.25, -0.2) is 9.97 Å². The van der Waals surface area contributed by atoms with Gasteiger partial charge in [0.05, 0.1) is 17.6 Å². The van der Waals surface area contributed by atoms with E-state index in [9.17, 15) is 0 Å². The number of rotatable bonds is 3. The second-order valence-electron chi connectivity index (χ2n) is 6.21. The maximum absolute atomic E-state index is 4.98. The monoisotopic (exact) mass is 334 g/mol. The number of fused-ring (bicyclic) bond motifs is 2. The first kappa shape index (κ1) is 15.6. The molecule has 3 aromatic rings. The molecule has 128 valence electrons. The molecule has 0 unspecified atom stereocenters. The highest BCUT2D eigenvalue weighted by atomic mass is 15.3. The van der Waals surface area contributed by atoms with Crippen LogP contribution in [-0.4, -0.2) is 33.3 Å². The first-order valence-corrected chi connectivity index (χ1v) is 8.67. The molecule has 3 aromatic heterocycles. The second kappa shape index (κ2) is 6.20. The van der Waals surface area contributed by atoms with Gasteiger partial charge in [-0.2, -0.15) is 5.10 Å². The van der Waals surface area contributed by atoms with Gasteiger partial charge in [0.15, 0.2) is 5.82 Å². The lowest BCUT2D eigenvalue weighted by Crippen LogP contribution is -2.20. The summed E-state index contributed by atoms with van der Waals surface area (Å²) >= 11 is 0. The summed E-state index contributed by atoms with van der Waals surface area (Å²) in [5.74, 6) is 1.94. The molecule has 0 bridgehead atoms. The highest BCUT2D eigenvalue weighted by Gasteiger charge is 2.25. The largest absolute Gasteiger partial charge is 0.367 e. The Morgan fingerprint density at radius 2 is 1.96 bits per heavy atom. The molecule has 0 spiro atoms. The molecule has 0 saturated carbocycles. The van der Waals surface area contributed by atoms with Gasteiger partial charge in [-0.3, -0.25) is 4.68 Å². The first-order chi connectivity index (χ1) is 12.2. The van der Waals surface area contributed by atoms with Gasteiger partial charge < -0.3 is 9.80 Å². The molecule has 1 aliphatic rings. The molecule has 25 heavy (non-hydrogen) atoms. The van der Waals surface area contributed by atoms with Gasteiger partial charge in [0.1, 0.15) is 5.82 Å². The third-order valence-corrected chi connectivity index (χ3v) is 4.62. The van der Waals surface area contributed by atoms with Crippen molar-refractivity contribution in [3.05, 3.63) is 48.4 Å². The summed E-state index contributed by atoms with van der Waals surface area (Å²) in [6.07, 6.45) is 5.76. The Morgan fingerprint density at radius 3 is 2.72 bits per heavy atom. The number of aromatic nitrogens is 4. The normalized spacial score (nSPS) is 13.4. The van der Waals surface area contributed by atoms with Crippen molar-refractivity contribution in [3.63, 3.8) is 0 Å². The molecule has 0 fully saturated rings. The topological polar surface area (TPSA) is 50.1 Å². The average molecular weight is 334 g/mol. The van der Waals surface area contributed by atoms with Crippen LogP contribution >= 0.6 is 0 Å². The van der Waals surface area contributed by atoms with Gasteiger partial charge in [-0.05, 0) is 32.0 Å². The lowest BCUT2D eigenvalue weighted by atomic mass is 10.2. The van der Waals surface area contributed by atoms with Crippen LogP contribution in [0.4, 0.5) is 17.3 Å². The van der Waals surface area contributed by atoms with Crippen molar-refractivity contribution in [2.75, 3.05) is 23.4 Å². The molecule has 4 heterocycles. The quantitative estimate of drug-likeness (QED) is 0.734. The lowest BCUT2D eigenvalue weighted by Gasteiger charge is -2.24. The average Bonchev–Trinajstić information content (AvgIpc) is 3.08. The fourth-order valence-corrected chi connectivity index (χ4v) is 3.30. The number of aryl methyl sites for hydroxylation is 1. The molecule has 4 rings (SSSR count). The van der Waals surface area contributed by atoms with Crippen LogP contribution in [0.25, 0.3) is 11.3 Å². The van der Waals surface area contributed by atoms with Crippen LogP contribution in [0, 0.1) is 0 Å². The third kappa shape index (κ3) is 2.63. The van der Waals surface area contributed by atoms with Gasteiger partial charge in [0, 0.05) is 50.2 Å². The van der Waals surface area contributed by atoms with Crippen molar-refractivity contribution in [1.82, 2.24) is 19.7 Å². The van der Waals surface area contributed by atoms with E-state index < -0.39 is 0 Å². The molecule has 0 aliphatic carbocycles. The lowest BCUT2D eigenvalue weighted by molar-refractivity contribution is 0.660. The van der Waals surface area contributed by atoms with Crippen molar-refractivity contribution < 1.29 is 0 Å². The van der Waals surface area contributed by atoms with E-state index in [1.807, 2.05) is 29.3 Å². The van der Waals surface area contributed by atoms with E-state index in [-0.39, 0.29) is 0 Å². The van der Waals surface area contributed by atoms with Crippen LogP contribution < -0.4 is 9.80 Å². The molecule has 0 radical (unpaired) electrons. The Hall–Kier alpha value is -2.89. The van der Waals surface area contributed by atoms with Gasteiger partial charge >= 0.3 is 0 Å². The second-order valence-corrected chi connectivity index (χ2v) is 6.21. The van der Waals surface area contributed by atoms with Crippen LogP contribution in [0.5, 0.6) is 0 Å². The molecule has 1 aliphatic heterocycles. The Morgan fingerprint density at radius 1 is 1.08 bits per heavy atom. The van der Waals surface area contributed by atoms with Crippen LogP contribution in [0.2, 0.25) is 0 Å². The molecule has 0 aromatic carbocycles. The molecule has 0 N–H and O–H groups in total. The van der Waals surface area contributed by atoms with E-state index in [0.29, 0.717) is 0 Å².